The molecule has 14 heavy (non-hydrogen) atoms. The van der Waals surface area contributed by atoms with Crippen molar-refractivity contribution in [3.05, 3.63) is 42.2 Å². The minimum absolute atomic E-state index is 0.421. The Hall–Kier alpha value is -1.97. The highest BCUT2D eigenvalue weighted by Crippen LogP contribution is 2.10. The van der Waals surface area contributed by atoms with Crippen molar-refractivity contribution < 1.29 is 4.79 Å². The molecule has 0 radical (unpaired) electrons. The van der Waals surface area contributed by atoms with Crippen LogP contribution >= 0.6 is 0 Å². The van der Waals surface area contributed by atoms with Gasteiger partial charge in [-0.2, -0.15) is 0 Å². The summed E-state index contributed by atoms with van der Waals surface area (Å²) in [4.78, 5) is 18.8. The summed E-state index contributed by atoms with van der Waals surface area (Å²) < 4.78 is 1.78. The Morgan fingerprint density at radius 3 is 2.93 bits per heavy atom. The van der Waals surface area contributed by atoms with Crippen LogP contribution in [-0.2, 0) is 0 Å². The van der Waals surface area contributed by atoms with Crippen LogP contribution < -0.4 is 0 Å². The van der Waals surface area contributed by atoms with Crippen LogP contribution in [0.5, 0.6) is 0 Å². The van der Waals surface area contributed by atoms with E-state index in [2.05, 4.69) is 9.97 Å². The molecule has 2 aromatic rings. The Balaban J connectivity index is 2.55. The van der Waals surface area contributed by atoms with Crippen molar-refractivity contribution in [2.45, 2.75) is 6.92 Å². The molecule has 0 unspecified atom stereocenters. The molecule has 0 spiro atoms. The fourth-order valence-electron chi connectivity index (χ4n) is 1.27. The van der Waals surface area contributed by atoms with E-state index >= 15 is 0 Å². The lowest BCUT2D eigenvalue weighted by Crippen LogP contribution is -1.98. The van der Waals surface area contributed by atoms with Gasteiger partial charge in [-0.3, -0.25) is 9.78 Å². The molecule has 2 heterocycles. The molecular weight excluding hydrogens is 178 g/mol. The Morgan fingerprint density at radius 2 is 2.29 bits per heavy atom. The molecule has 4 nitrogen and oxygen atoms in total. The Morgan fingerprint density at radius 1 is 1.43 bits per heavy atom. The largest absolute Gasteiger partial charge is 0.304 e. The van der Waals surface area contributed by atoms with Gasteiger partial charge in [0, 0.05) is 12.4 Å². The van der Waals surface area contributed by atoms with E-state index in [1.54, 1.807) is 23.2 Å². The molecule has 0 N–H and O–H groups in total. The maximum Gasteiger partial charge on any atom is 0.170 e. The summed E-state index contributed by atoms with van der Waals surface area (Å²) in [6.45, 7) is 1.90. The van der Waals surface area contributed by atoms with E-state index in [0.29, 0.717) is 5.69 Å². The molecule has 2 rings (SSSR count). The predicted molar refractivity (Wildman–Crippen MR) is 51.5 cm³/mol. The first-order valence-electron chi connectivity index (χ1n) is 4.22. The number of hydrogen-bond donors (Lipinski definition) is 0. The summed E-state index contributed by atoms with van der Waals surface area (Å²) in [7, 11) is 0. The topological polar surface area (TPSA) is 47.8 Å². The number of aromatic nitrogens is 3. The molecule has 0 atom stereocenters. The predicted octanol–water partition coefficient (Wildman–Crippen LogP) is 1.39. The number of carbonyl (C=O) groups excluding carboxylic acids is 1. The monoisotopic (exact) mass is 187 g/mol. The Kier molecular flexibility index (Phi) is 2.10. The van der Waals surface area contributed by atoms with Crippen LogP contribution in [0.15, 0.2) is 30.9 Å². The second-order valence-electron chi connectivity index (χ2n) is 2.95. The zero-order valence-corrected chi connectivity index (χ0v) is 7.71. The van der Waals surface area contributed by atoms with E-state index in [-0.39, 0.29) is 0 Å². The molecule has 0 aliphatic carbocycles. The molecule has 0 fully saturated rings. The van der Waals surface area contributed by atoms with E-state index in [0.717, 1.165) is 17.7 Å². The van der Waals surface area contributed by atoms with Crippen LogP contribution in [0.3, 0.4) is 0 Å². The van der Waals surface area contributed by atoms with Crippen molar-refractivity contribution in [1.29, 1.82) is 0 Å². The number of imidazole rings is 1. The fraction of sp³-hybridized carbons (Fsp3) is 0.100. The van der Waals surface area contributed by atoms with E-state index in [1.807, 2.05) is 19.2 Å². The lowest BCUT2D eigenvalue weighted by atomic mass is 10.3. The minimum Gasteiger partial charge on any atom is -0.304 e. The number of aryl methyl sites for hydroxylation is 1. The van der Waals surface area contributed by atoms with Crippen molar-refractivity contribution in [3.8, 4) is 5.69 Å². The second kappa shape index (κ2) is 3.41. The SMILES string of the molecule is Cc1cn(-c2cccnc2C=O)cn1. The van der Waals surface area contributed by atoms with Gasteiger partial charge in [-0.25, -0.2) is 4.98 Å². The quantitative estimate of drug-likeness (QED) is 0.667. The maximum absolute atomic E-state index is 10.7. The highest BCUT2D eigenvalue weighted by molar-refractivity contribution is 5.77. The average Bonchev–Trinajstić information content (AvgIpc) is 2.65. The van der Waals surface area contributed by atoms with Gasteiger partial charge in [0.1, 0.15) is 5.69 Å². The molecule has 0 bridgehead atoms. The van der Waals surface area contributed by atoms with Gasteiger partial charge in [-0.15, -0.1) is 0 Å². The van der Waals surface area contributed by atoms with Crippen molar-refractivity contribution in [2.24, 2.45) is 0 Å². The summed E-state index contributed by atoms with van der Waals surface area (Å²) in [5.74, 6) is 0. The number of hydrogen-bond acceptors (Lipinski definition) is 3. The van der Waals surface area contributed by atoms with Crippen LogP contribution in [0.25, 0.3) is 5.69 Å². The lowest BCUT2D eigenvalue weighted by molar-refractivity contribution is 0.111. The molecule has 0 aliphatic rings. The first-order chi connectivity index (χ1) is 6.81. The Labute approximate surface area is 81.2 Å². The van der Waals surface area contributed by atoms with Gasteiger partial charge >= 0.3 is 0 Å². The second-order valence-corrected chi connectivity index (χ2v) is 2.95. The lowest BCUT2D eigenvalue weighted by Gasteiger charge is -2.02. The van der Waals surface area contributed by atoms with Gasteiger partial charge in [0.05, 0.1) is 17.7 Å². The third kappa shape index (κ3) is 1.42. The summed E-state index contributed by atoms with van der Waals surface area (Å²) in [5.41, 5.74) is 2.08. The van der Waals surface area contributed by atoms with Crippen LogP contribution in [-0.4, -0.2) is 20.8 Å². The highest BCUT2D eigenvalue weighted by Gasteiger charge is 2.03. The summed E-state index contributed by atoms with van der Waals surface area (Å²) in [6.07, 6.45) is 5.85. The third-order valence-electron chi connectivity index (χ3n) is 1.92. The molecule has 4 heteroatoms. The zero-order chi connectivity index (χ0) is 9.97. The molecule has 2 aromatic heterocycles. The zero-order valence-electron chi connectivity index (χ0n) is 7.71. The van der Waals surface area contributed by atoms with Crippen LogP contribution in [0.4, 0.5) is 0 Å². The third-order valence-corrected chi connectivity index (χ3v) is 1.92. The number of rotatable bonds is 2. The number of pyridine rings is 1. The smallest absolute Gasteiger partial charge is 0.170 e. The van der Waals surface area contributed by atoms with E-state index in [9.17, 15) is 4.79 Å². The normalized spacial score (nSPS) is 10.1. The Bertz CT molecular complexity index is 462. The van der Waals surface area contributed by atoms with Gasteiger partial charge in [-0.1, -0.05) is 0 Å². The molecule has 0 saturated heterocycles. The molecule has 0 aliphatic heterocycles. The van der Waals surface area contributed by atoms with Gasteiger partial charge in [-0.05, 0) is 19.1 Å². The van der Waals surface area contributed by atoms with Crippen molar-refractivity contribution in [1.82, 2.24) is 14.5 Å². The average molecular weight is 187 g/mol. The highest BCUT2D eigenvalue weighted by atomic mass is 16.1. The van der Waals surface area contributed by atoms with Crippen molar-refractivity contribution in [2.75, 3.05) is 0 Å². The molecule has 0 amide bonds. The maximum atomic E-state index is 10.7. The van der Waals surface area contributed by atoms with Gasteiger partial charge in [0.25, 0.3) is 0 Å². The van der Waals surface area contributed by atoms with E-state index < -0.39 is 0 Å². The minimum atomic E-state index is 0.421. The fourth-order valence-corrected chi connectivity index (χ4v) is 1.27. The first kappa shape index (κ1) is 8.62. The summed E-state index contributed by atoms with van der Waals surface area (Å²) >= 11 is 0. The number of aldehydes is 1. The standard InChI is InChI=1S/C10H9N3O/c1-8-5-13(7-12-8)10-3-2-4-11-9(10)6-14/h2-7H,1H3. The van der Waals surface area contributed by atoms with Crippen LogP contribution in [0.2, 0.25) is 0 Å². The van der Waals surface area contributed by atoms with Crippen molar-refractivity contribution in [3.63, 3.8) is 0 Å². The van der Waals surface area contributed by atoms with E-state index in [4.69, 9.17) is 0 Å². The molecule has 70 valence electrons. The van der Waals surface area contributed by atoms with Crippen LogP contribution in [0, 0.1) is 6.92 Å². The summed E-state index contributed by atoms with van der Waals surface area (Å²) in [5, 5.41) is 0. The van der Waals surface area contributed by atoms with Gasteiger partial charge < -0.3 is 4.57 Å². The molecule has 0 saturated carbocycles. The first-order valence-corrected chi connectivity index (χ1v) is 4.22. The molecule has 0 aromatic carbocycles. The summed E-state index contributed by atoms with van der Waals surface area (Å²) in [6, 6.07) is 3.62. The van der Waals surface area contributed by atoms with Gasteiger partial charge in [0.2, 0.25) is 0 Å². The van der Waals surface area contributed by atoms with E-state index in [1.165, 1.54) is 0 Å². The van der Waals surface area contributed by atoms with Gasteiger partial charge in [0.15, 0.2) is 6.29 Å². The van der Waals surface area contributed by atoms with Crippen molar-refractivity contribution >= 4 is 6.29 Å². The van der Waals surface area contributed by atoms with Crippen LogP contribution in [0.1, 0.15) is 16.2 Å². The number of carbonyl (C=O) groups is 1. The number of nitrogens with zero attached hydrogens (tertiary/aromatic N) is 3. The molecular formula is C10H9N3O.